The van der Waals surface area contributed by atoms with E-state index in [0.29, 0.717) is 5.56 Å². The molecule has 1 atom stereocenters. The van der Waals surface area contributed by atoms with Crippen LogP contribution >= 0.6 is 0 Å². The summed E-state index contributed by atoms with van der Waals surface area (Å²) in [4.78, 5) is 11.7. The van der Waals surface area contributed by atoms with Gasteiger partial charge in [0.15, 0.2) is 9.84 Å². The zero-order valence-corrected chi connectivity index (χ0v) is 13.7. The first kappa shape index (κ1) is 17.5. The van der Waals surface area contributed by atoms with Crippen molar-refractivity contribution in [2.75, 3.05) is 16.8 Å². The Morgan fingerprint density at radius 3 is 2.24 bits per heavy atom. The molecule has 6 heteroatoms. The first-order chi connectivity index (χ1) is 9.73. The SMILES string of the molecule is CCS(=O)(=O)CC(C)Nc1ccc(C(=O)OC(C)C)cc1. The van der Waals surface area contributed by atoms with Crippen LogP contribution in [0, 0.1) is 0 Å². The Morgan fingerprint density at radius 1 is 1.19 bits per heavy atom. The van der Waals surface area contributed by atoms with Gasteiger partial charge in [-0.15, -0.1) is 0 Å². The molecule has 5 nitrogen and oxygen atoms in total. The largest absolute Gasteiger partial charge is 0.459 e. The molecule has 1 unspecified atom stereocenters. The van der Waals surface area contributed by atoms with E-state index < -0.39 is 9.84 Å². The normalized spacial score (nSPS) is 13.0. The molecule has 21 heavy (non-hydrogen) atoms. The summed E-state index contributed by atoms with van der Waals surface area (Å²) in [5.74, 6) is -0.141. The van der Waals surface area contributed by atoms with Crippen molar-refractivity contribution in [3.63, 3.8) is 0 Å². The van der Waals surface area contributed by atoms with Gasteiger partial charge >= 0.3 is 5.97 Å². The van der Waals surface area contributed by atoms with Gasteiger partial charge in [0.25, 0.3) is 0 Å². The number of benzene rings is 1. The number of anilines is 1. The molecule has 0 bridgehead atoms. The number of carbonyl (C=O) groups is 1. The monoisotopic (exact) mass is 313 g/mol. The maximum atomic E-state index is 11.7. The molecule has 0 aromatic heterocycles. The van der Waals surface area contributed by atoms with Gasteiger partial charge in [-0.3, -0.25) is 0 Å². The topological polar surface area (TPSA) is 72.5 Å². The van der Waals surface area contributed by atoms with Crippen molar-refractivity contribution >= 4 is 21.5 Å². The van der Waals surface area contributed by atoms with Crippen LogP contribution in [0.4, 0.5) is 5.69 Å². The summed E-state index contributed by atoms with van der Waals surface area (Å²) < 4.78 is 28.2. The molecule has 1 rings (SSSR count). The lowest BCUT2D eigenvalue weighted by Crippen LogP contribution is -2.26. The highest BCUT2D eigenvalue weighted by molar-refractivity contribution is 7.91. The van der Waals surface area contributed by atoms with Crippen molar-refractivity contribution in [2.24, 2.45) is 0 Å². The lowest BCUT2D eigenvalue weighted by Gasteiger charge is -2.15. The highest BCUT2D eigenvalue weighted by Crippen LogP contribution is 2.13. The molecule has 0 aliphatic heterocycles. The van der Waals surface area contributed by atoms with E-state index in [4.69, 9.17) is 4.74 Å². The Labute approximate surface area is 126 Å². The van der Waals surface area contributed by atoms with Crippen LogP contribution in [0.5, 0.6) is 0 Å². The van der Waals surface area contributed by atoms with Crippen molar-refractivity contribution in [3.8, 4) is 0 Å². The fourth-order valence-corrected chi connectivity index (χ4v) is 2.89. The number of sulfone groups is 1. The van der Waals surface area contributed by atoms with Crippen molar-refractivity contribution < 1.29 is 17.9 Å². The fraction of sp³-hybridized carbons (Fsp3) is 0.533. The van der Waals surface area contributed by atoms with Gasteiger partial charge in [0.05, 0.1) is 17.4 Å². The molecule has 0 aliphatic rings. The van der Waals surface area contributed by atoms with Gasteiger partial charge in [0.2, 0.25) is 0 Å². The average Bonchev–Trinajstić information content (AvgIpc) is 2.38. The van der Waals surface area contributed by atoms with Crippen LogP contribution in [0.25, 0.3) is 0 Å². The van der Waals surface area contributed by atoms with Crippen molar-refractivity contribution in [3.05, 3.63) is 29.8 Å². The van der Waals surface area contributed by atoms with E-state index >= 15 is 0 Å². The summed E-state index contributed by atoms with van der Waals surface area (Å²) in [5, 5.41) is 3.11. The van der Waals surface area contributed by atoms with Crippen LogP contribution in [-0.2, 0) is 14.6 Å². The summed E-state index contributed by atoms with van der Waals surface area (Å²) in [6.45, 7) is 7.04. The van der Waals surface area contributed by atoms with E-state index in [-0.39, 0.29) is 29.6 Å². The first-order valence-electron chi connectivity index (χ1n) is 7.01. The summed E-state index contributed by atoms with van der Waals surface area (Å²) >= 11 is 0. The average molecular weight is 313 g/mol. The van der Waals surface area contributed by atoms with Crippen LogP contribution in [0.3, 0.4) is 0 Å². The third-order valence-corrected chi connectivity index (χ3v) is 4.71. The number of nitrogens with one attached hydrogen (secondary N) is 1. The first-order valence-corrected chi connectivity index (χ1v) is 8.83. The molecule has 0 saturated carbocycles. The highest BCUT2D eigenvalue weighted by atomic mass is 32.2. The van der Waals surface area contributed by atoms with Gasteiger partial charge in [0.1, 0.15) is 0 Å². The zero-order chi connectivity index (χ0) is 16.0. The predicted octanol–water partition coefficient (Wildman–Crippen LogP) is 2.49. The summed E-state index contributed by atoms with van der Waals surface area (Å²) in [7, 11) is -3.01. The molecule has 0 heterocycles. The van der Waals surface area contributed by atoms with Gasteiger partial charge in [-0.05, 0) is 45.0 Å². The number of hydrogen-bond donors (Lipinski definition) is 1. The lowest BCUT2D eigenvalue weighted by molar-refractivity contribution is 0.0378. The Hall–Kier alpha value is -1.56. The summed E-state index contributed by atoms with van der Waals surface area (Å²) in [5.41, 5.74) is 1.25. The Kier molecular flexibility index (Phi) is 6.20. The Morgan fingerprint density at radius 2 is 1.76 bits per heavy atom. The summed E-state index contributed by atoms with van der Waals surface area (Å²) in [6, 6.07) is 6.61. The van der Waals surface area contributed by atoms with Crippen LogP contribution < -0.4 is 5.32 Å². The Balaban J connectivity index is 2.64. The molecular formula is C15H23NO4S. The number of esters is 1. The van der Waals surface area contributed by atoms with E-state index in [1.54, 1.807) is 45.0 Å². The molecular weight excluding hydrogens is 290 g/mol. The highest BCUT2D eigenvalue weighted by Gasteiger charge is 2.14. The molecule has 0 amide bonds. The molecule has 1 N–H and O–H groups in total. The fourth-order valence-electron chi connectivity index (χ4n) is 1.81. The standard InChI is InChI=1S/C15H23NO4S/c1-5-21(18,19)10-12(4)16-14-8-6-13(7-9-14)15(17)20-11(2)3/h6-9,11-12,16H,5,10H2,1-4H3. The predicted molar refractivity (Wildman–Crippen MR) is 84.4 cm³/mol. The molecule has 1 aromatic rings. The van der Waals surface area contributed by atoms with E-state index in [1.165, 1.54) is 0 Å². The number of rotatable bonds is 7. The minimum absolute atomic E-state index is 0.0840. The number of hydrogen-bond acceptors (Lipinski definition) is 5. The molecule has 0 aliphatic carbocycles. The van der Waals surface area contributed by atoms with Crippen molar-refractivity contribution in [2.45, 2.75) is 39.8 Å². The number of carbonyl (C=O) groups excluding carboxylic acids is 1. The molecule has 0 spiro atoms. The van der Waals surface area contributed by atoms with Gasteiger partial charge in [-0.25, -0.2) is 13.2 Å². The second-order valence-electron chi connectivity index (χ2n) is 5.28. The van der Waals surface area contributed by atoms with E-state index in [2.05, 4.69) is 5.32 Å². The van der Waals surface area contributed by atoms with Crippen molar-refractivity contribution in [1.82, 2.24) is 0 Å². The van der Waals surface area contributed by atoms with Crippen LogP contribution in [0.15, 0.2) is 24.3 Å². The number of ether oxygens (including phenoxy) is 1. The van der Waals surface area contributed by atoms with Crippen LogP contribution in [-0.4, -0.2) is 38.0 Å². The summed E-state index contributed by atoms with van der Waals surface area (Å²) in [6.07, 6.45) is -0.158. The smallest absolute Gasteiger partial charge is 0.338 e. The van der Waals surface area contributed by atoms with Crippen LogP contribution in [0.2, 0.25) is 0 Å². The third kappa shape index (κ3) is 6.16. The second-order valence-corrected chi connectivity index (χ2v) is 7.67. The van der Waals surface area contributed by atoms with Crippen LogP contribution in [0.1, 0.15) is 38.1 Å². The Bertz CT molecular complexity index is 564. The second kappa shape index (κ2) is 7.45. The maximum Gasteiger partial charge on any atom is 0.338 e. The minimum Gasteiger partial charge on any atom is -0.459 e. The van der Waals surface area contributed by atoms with E-state index in [1.807, 2.05) is 6.92 Å². The van der Waals surface area contributed by atoms with E-state index in [9.17, 15) is 13.2 Å². The van der Waals surface area contributed by atoms with Gasteiger partial charge in [-0.2, -0.15) is 0 Å². The molecule has 0 radical (unpaired) electrons. The molecule has 0 fully saturated rings. The lowest BCUT2D eigenvalue weighted by atomic mass is 10.2. The molecule has 1 aromatic carbocycles. The van der Waals surface area contributed by atoms with Crippen molar-refractivity contribution in [1.29, 1.82) is 0 Å². The van der Waals surface area contributed by atoms with Gasteiger partial charge in [0, 0.05) is 17.5 Å². The van der Waals surface area contributed by atoms with Gasteiger partial charge in [-0.1, -0.05) is 6.92 Å². The third-order valence-electron chi connectivity index (χ3n) is 2.82. The van der Waals surface area contributed by atoms with Gasteiger partial charge < -0.3 is 10.1 Å². The molecule has 118 valence electrons. The quantitative estimate of drug-likeness (QED) is 0.783. The minimum atomic E-state index is -3.01. The maximum absolute atomic E-state index is 11.7. The zero-order valence-electron chi connectivity index (χ0n) is 12.9. The molecule has 0 saturated heterocycles. The van der Waals surface area contributed by atoms with E-state index in [0.717, 1.165) is 5.69 Å².